The molecule has 0 spiro atoms. The molecular weight excluding hydrogens is 286 g/mol. The van der Waals surface area contributed by atoms with Crippen LogP contribution in [0.4, 0.5) is 11.4 Å². The van der Waals surface area contributed by atoms with E-state index in [4.69, 9.17) is 5.73 Å². The van der Waals surface area contributed by atoms with Crippen molar-refractivity contribution >= 4 is 11.4 Å². The Labute approximate surface area is 136 Å². The van der Waals surface area contributed by atoms with Gasteiger partial charge in [-0.2, -0.15) is 5.10 Å². The SMILES string of the molecule is CN(C)c1ccc(Cc2nc(Cc3ccc(N)cc3)n[nH]2)cc1. The summed E-state index contributed by atoms with van der Waals surface area (Å²) in [6.07, 6.45) is 1.46. The summed E-state index contributed by atoms with van der Waals surface area (Å²) in [6, 6.07) is 16.3. The number of benzene rings is 2. The number of aromatic nitrogens is 3. The first-order valence-electron chi connectivity index (χ1n) is 7.61. The summed E-state index contributed by atoms with van der Waals surface area (Å²) >= 11 is 0. The van der Waals surface area contributed by atoms with Gasteiger partial charge in [0, 0.05) is 38.3 Å². The molecule has 118 valence electrons. The Morgan fingerprint density at radius 3 is 2.17 bits per heavy atom. The summed E-state index contributed by atoms with van der Waals surface area (Å²) in [7, 11) is 4.07. The molecule has 3 N–H and O–H groups in total. The minimum atomic E-state index is 0.705. The zero-order valence-electron chi connectivity index (χ0n) is 13.5. The zero-order valence-corrected chi connectivity index (χ0v) is 13.5. The van der Waals surface area contributed by atoms with E-state index in [0.717, 1.165) is 29.3 Å². The van der Waals surface area contributed by atoms with Crippen LogP contribution >= 0.6 is 0 Å². The minimum absolute atomic E-state index is 0.705. The molecule has 0 unspecified atom stereocenters. The van der Waals surface area contributed by atoms with Crippen LogP contribution in [0.5, 0.6) is 0 Å². The van der Waals surface area contributed by atoms with E-state index in [1.54, 1.807) is 0 Å². The molecule has 0 saturated heterocycles. The Kier molecular flexibility index (Phi) is 4.28. The van der Waals surface area contributed by atoms with Gasteiger partial charge >= 0.3 is 0 Å². The average Bonchev–Trinajstić information content (AvgIpc) is 2.97. The van der Waals surface area contributed by atoms with Crippen LogP contribution in [0.15, 0.2) is 48.5 Å². The van der Waals surface area contributed by atoms with E-state index in [-0.39, 0.29) is 0 Å². The average molecular weight is 307 g/mol. The van der Waals surface area contributed by atoms with Crippen LogP contribution in [0, 0.1) is 0 Å². The number of H-pyrrole nitrogens is 1. The molecule has 0 aliphatic carbocycles. The standard InChI is InChI=1S/C18H21N5/c1-23(2)16-9-5-14(6-10-16)12-18-20-17(21-22-18)11-13-3-7-15(19)8-4-13/h3-10H,11-12,19H2,1-2H3,(H,20,21,22). The Bertz CT molecular complexity index is 757. The fraction of sp³-hybridized carbons (Fsp3) is 0.222. The monoisotopic (exact) mass is 307 g/mol. The van der Waals surface area contributed by atoms with Gasteiger partial charge in [-0.15, -0.1) is 0 Å². The molecule has 0 radical (unpaired) electrons. The van der Waals surface area contributed by atoms with Crippen molar-refractivity contribution in [3.63, 3.8) is 0 Å². The highest BCUT2D eigenvalue weighted by atomic mass is 15.2. The van der Waals surface area contributed by atoms with Crippen molar-refractivity contribution in [2.45, 2.75) is 12.8 Å². The lowest BCUT2D eigenvalue weighted by molar-refractivity contribution is 0.957. The highest BCUT2D eigenvalue weighted by Gasteiger charge is 2.06. The molecule has 0 amide bonds. The third-order valence-corrected chi connectivity index (χ3v) is 3.74. The highest BCUT2D eigenvalue weighted by molar-refractivity contribution is 5.46. The van der Waals surface area contributed by atoms with Crippen molar-refractivity contribution in [1.29, 1.82) is 0 Å². The normalized spacial score (nSPS) is 10.7. The fourth-order valence-electron chi connectivity index (χ4n) is 2.42. The van der Waals surface area contributed by atoms with E-state index < -0.39 is 0 Å². The van der Waals surface area contributed by atoms with E-state index in [9.17, 15) is 0 Å². The van der Waals surface area contributed by atoms with Crippen molar-refractivity contribution in [1.82, 2.24) is 15.2 Å². The Hall–Kier alpha value is -2.82. The van der Waals surface area contributed by atoms with Gasteiger partial charge in [0.15, 0.2) is 5.82 Å². The molecule has 5 heteroatoms. The van der Waals surface area contributed by atoms with E-state index in [1.165, 1.54) is 11.3 Å². The molecule has 0 atom stereocenters. The van der Waals surface area contributed by atoms with E-state index >= 15 is 0 Å². The lowest BCUT2D eigenvalue weighted by Gasteiger charge is -2.12. The maximum Gasteiger partial charge on any atom is 0.155 e. The van der Waals surface area contributed by atoms with E-state index in [2.05, 4.69) is 44.3 Å². The lowest BCUT2D eigenvalue weighted by atomic mass is 10.1. The quantitative estimate of drug-likeness (QED) is 0.711. The van der Waals surface area contributed by atoms with Crippen molar-refractivity contribution < 1.29 is 0 Å². The van der Waals surface area contributed by atoms with Crippen molar-refractivity contribution in [2.24, 2.45) is 0 Å². The lowest BCUT2D eigenvalue weighted by Crippen LogP contribution is -2.08. The molecule has 3 rings (SSSR count). The number of aromatic amines is 1. The number of anilines is 2. The zero-order chi connectivity index (χ0) is 16.2. The van der Waals surface area contributed by atoms with Crippen LogP contribution in [0.3, 0.4) is 0 Å². The predicted octanol–water partition coefficient (Wildman–Crippen LogP) is 2.63. The van der Waals surface area contributed by atoms with E-state index in [1.807, 2.05) is 38.4 Å². The number of nitrogens with one attached hydrogen (secondary N) is 1. The molecule has 2 aromatic carbocycles. The van der Waals surface area contributed by atoms with Gasteiger partial charge in [0.2, 0.25) is 0 Å². The Morgan fingerprint density at radius 2 is 1.52 bits per heavy atom. The minimum Gasteiger partial charge on any atom is -0.399 e. The summed E-state index contributed by atoms with van der Waals surface area (Å²) in [5, 5.41) is 7.33. The number of hydrogen-bond donors (Lipinski definition) is 2. The van der Waals surface area contributed by atoms with Gasteiger partial charge < -0.3 is 10.6 Å². The third kappa shape index (κ3) is 3.88. The van der Waals surface area contributed by atoms with Crippen molar-refractivity contribution in [2.75, 3.05) is 24.7 Å². The fourth-order valence-corrected chi connectivity index (χ4v) is 2.42. The third-order valence-electron chi connectivity index (χ3n) is 3.74. The summed E-state index contributed by atoms with van der Waals surface area (Å²) in [5.41, 5.74) is 10.0. The number of nitrogens with zero attached hydrogens (tertiary/aromatic N) is 3. The van der Waals surface area contributed by atoms with E-state index in [0.29, 0.717) is 6.42 Å². The number of nitrogen functional groups attached to an aromatic ring is 1. The molecule has 3 aromatic rings. The van der Waals surface area contributed by atoms with Crippen LogP contribution in [0.25, 0.3) is 0 Å². The summed E-state index contributed by atoms with van der Waals surface area (Å²) in [6.45, 7) is 0. The molecule has 0 saturated carbocycles. The second-order valence-corrected chi connectivity index (χ2v) is 5.85. The van der Waals surface area contributed by atoms with Gasteiger partial charge in [-0.25, -0.2) is 4.98 Å². The van der Waals surface area contributed by atoms with Gasteiger partial charge in [0.05, 0.1) is 0 Å². The summed E-state index contributed by atoms with van der Waals surface area (Å²) in [4.78, 5) is 6.66. The van der Waals surface area contributed by atoms with Crippen molar-refractivity contribution in [3.8, 4) is 0 Å². The number of hydrogen-bond acceptors (Lipinski definition) is 4. The van der Waals surface area contributed by atoms with Crippen LogP contribution < -0.4 is 10.6 Å². The first-order valence-corrected chi connectivity index (χ1v) is 7.61. The molecule has 0 aliphatic heterocycles. The van der Waals surface area contributed by atoms with Gasteiger partial charge in [-0.1, -0.05) is 24.3 Å². The molecule has 1 aromatic heterocycles. The Morgan fingerprint density at radius 1 is 0.913 bits per heavy atom. The van der Waals surface area contributed by atoms with Gasteiger partial charge in [-0.3, -0.25) is 5.10 Å². The smallest absolute Gasteiger partial charge is 0.155 e. The molecular formula is C18H21N5. The molecule has 1 heterocycles. The second kappa shape index (κ2) is 6.52. The maximum absolute atomic E-state index is 5.70. The predicted molar refractivity (Wildman–Crippen MR) is 93.6 cm³/mol. The first kappa shape index (κ1) is 15.1. The molecule has 23 heavy (non-hydrogen) atoms. The summed E-state index contributed by atoms with van der Waals surface area (Å²) in [5.74, 6) is 1.68. The largest absolute Gasteiger partial charge is 0.399 e. The number of rotatable bonds is 5. The van der Waals surface area contributed by atoms with Crippen LogP contribution in [-0.4, -0.2) is 29.3 Å². The molecule has 0 fully saturated rings. The van der Waals surface area contributed by atoms with Crippen LogP contribution in [0.1, 0.15) is 22.8 Å². The summed E-state index contributed by atoms with van der Waals surface area (Å²) < 4.78 is 0. The van der Waals surface area contributed by atoms with Gasteiger partial charge in [-0.05, 0) is 35.4 Å². The van der Waals surface area contributed by atoms with Gasteiger partial charge in [0.25, 0.3) is 0 Å². The molecule has 0 bridgehead atoms. The van der Waals surface area contributed by atoms with Gasteiger partial charge in [0.1, 0.15) is 5.82 Å². The van der Waals surface area contributed by atoms with Crippen molar-refractivity contribution in [3.05, 3.63) is 71.3 Å². The molecule has 5 nitrogen and oxygen atoms in total. The highest BCUT2D eigenvalue weighted by Crippen LogP contribution is 2.14. The second-order valence-electron chi connectivity index (χ2n) is 5.85. The maximum atomic E-state index is 5.70. The Balaban J connectivity index is 1.65. The van der Waals surface area contributed by atoms with Crippen LogP contribution in [-0.2, 0) is 12.8 Å². The topological polar surface area (TPSA) is 70.8 Å². The van der Waals surface area contributed by atoms with Crippen LogP contribution in [0.2, 0.25) is 0 Å². The first-order chi connectivity index (χ1) is 11.1. The number of nitrogens with two attached hydrogens (primary N) is 1. The molecule has 0 aliphatic rings.